The number of nitrogens with one attached hydrogen (secondary N) is 1. The van der Waals surface area contributed by atoms with E-state index in [9.17, 15) is 0 Å². The van der Waals surface area contributed by atoms with E-state index < -0.39 is 0 Å². The van der Waals surface area contributed by atoms with Crippen molar-refractivity contribution >= 4 is 17.3 Å². The van der Waals surface area contributed by atoms with Gasteiger partial charge in [-0.2, -0.15) is 0 Å². The summed E-state index contributed by atoms with van der Waals surface area (Å²) in [5.74, 6) is 1.47. The van der Waals surface area contributed by atoms with Gasteiger partial charge in [0.2, 0.25) is 0 Å². The highest BCUT2D eigenvalue weighted by atomic mass is 35.5. The average molecular weight is 302 g/mol. The Labute approximate surface area is 131 Å². The predicted molar refractivity (Wildman–Crippen MR) is 88.6 cm³/mol. The molecule has 0 amide bonds. The number of aryl methyl sites for hydroxylation is 1. The lowest BCUT2D eigenvalue weighted by Crippen LogP contribution is -2.34. The van der Waals surface area contributed by atoms with Crippen LogP contribution in [0.15, 0.2) is 42.5 Å². The zero-order chi connectivity index (χ0) is 14.8. The van der Waals surface area contributed by atoms with Crippen molar-refractivity contribution in [2.75, 3.05) is 12.4 Å². The van der Waals surface area contributed by atoms with Gasteiger partial charge in [0.1, 0.15) is 5.75 Å². The number of methoxy groups -OCH3 is 1. The summed E-state index contributed by atoms with van der Waals surface area (Å²) in [6, 6.07) is 14.9. The fourth-order valence-electron chi connectivity index (χ4n) is 2.95. The van der Waals surface area contributed by atoms with Gasteiger partial charge in [-0.3, -0.25) is 0 Å². The van der Waals surface area contributed by atoms with Crippen LogP contribution in [0.25, 0.3) is 0 Å². The van der Waals surface area contributed by atoms with Crippen molar-refractivity contribution < 1.29 is 4.74 Å². The fourth-order valence-corrected chi connectivity index (χ4v) is 3.24. The van der Waals surface area contributed by atoms with E-state index >= 15 is 0 Å². The smallest absolute Gasteiger partial charge is 0.141 e. The first-order chi connectivity index (χ1) is 10.2. The molecule has 0 spiro atoms. The van der Waals surface area contributed by atoms with Crippen LogP contribution in [0.4, 0.5) is 5.69 Å². The molecule has 2 aromatic rings. The van der Waals surface area contributed by atoms with Crippen molar-refractivity contribution in [2.24, 2.45) is 0 Å². The second-order valence-corrected chi connectivity index (χ2v) is 6.14. The summed E-state index contributed by atoms with van der Waals surface area (Å²) < 4.78 is 5.42. The lowest BCUT2D eigenvalue weighted by Gasteiger charge is -2.37. The lowest BCUT2D eigenvalue weighted by molar-refractivity contribution is 0.370. The van der Waals surface area contributed by atoms with Gasteiger partial charge in [0.15, 0.2) is 0 Å². The van der Waals surface area contributed by atoms with Crippen LogP contribution in [0.3, 0.4) is 0 Å². The van der Waals surface area contributed by atoms with Crippen LogP contribution in [0.5, 0.6) is 5.75 Å². The molecule has 0 aromatic heterocycles. The monoisotopic (exact) mass is 301 g/mol. The summed E-state index contributed by atoms with van der Waals surface area (Å²) in [5, 5.41) is 4.47. The Hall–Kier alpha value is -1.67. The quantitative estimate of drug-likeness (QED) is 0.856. The van der Waals surface area contributed by atoms with Gasteiger partial charge in [0.25, 0.3) is 0 Å². The molecule has 1 aliphatic carbocycles. The molecule has 1 fully saturated rings. The topological polar surface area (TPSA) is 21.3 Å². The molecule has 110 valence electrons. The Morgan fingerprint density at radius 2 is 1.90 bits per heavy atom. The molecule has 2 nitrogen and oxygen atoms in total. The van der Waals surface area contributed by atoms with Gasteiger partial charge >= 0.3 is 0 Å². The molecule has 0 atom stereocenters. The van der Waals surface area contributed by atoms with Gasteiger partial charge in [-0.1, -0.05) is 35.9 Å². The largest absolute Gasteiger partial charge is 0.495 e. The Bertz CT molecular complexity index is 635. The number of halogens is 1. The molecule has 0 heterocycles. The third-order valence-corrected chi connectivity index (χ3v) is 4.54. The molecule has 3 rings (SSSR count). The van der Waals surface area contributed by atoms with Gasteiger partial charge in [0, 0.05) is 11.1 Å². The maximum Gasteiger partial charge on any atom is 0.141 e. The number of hydrogen-bond acceptors (Lipinski definition) is 2. The van der Waals surface area contributed by atoms with Gasteiger partial charge in [0.05, 0.1) is 12.8 Å². The maximum atomic E-state index is 6.27. The first-order valence-corrected chi connectivity index (χ1v) is 7.71. The van der Waals surface area contributed by atoms with Crippen LogP contribution in [-0.2, 0) is 0 Å². The van der Waals surface area contributed by atoms with Crippen LogP contribution in [0.1, 0.15) is 29.9 Å². The van der Waals surface area contributed by atoms with Crippen LogP contribution in [0.2, 0.25) is 5.02 Å². The molecule has 1 N–H and O–H groups in total. The SMILES string of the molecule is COc1ccc(C)cc1NC1CC(c2ccccc2Cl)C1. The van der Waals surface area contributed by atoms with Crippen LogP contribution < -0.4 is 10.1 Å². The summed E-state index contributed by atoms with van der Waals surface area (Å²) in [4.78, 5) is 0. The zero-order valence-electron chi connectivity index (χ0n) is 12.4. The van der Waals surface area contributed by atoms with Crippen LogP contribution in [0, 0.1) is 6.92 Å². The van der Waals surface area contributed by atoms with E-state index in [0.717, 1.165) is 29.3 Å². The first kappa shape index (κ1) is 14.3. The van der Waals surface area contributed by atoms with Gasteiger partial charge in [-0.05, 0) is 55.0 Å². The van der Waals surface area contributed by atoms with Gasteiger partial charge < -0.3 is 10.1 Å². The maximum absolute atomic E-state index is 6.27. The van der Waals surface area contributed by atoms with E-state index in [-0.39, 0.29) is 0 Å². The summed E-state index contributed by atoms with van der Waals surface area (Å²) in [7, 11) is 1.71. The number of hydrogen-bond donors (Lipinski definition) is 1. The lowest BCUT2D eigenvalue weighted by atomic mass is 9.75. The second-order valence-electron chi connectivity index (χ2n) is 5.73. The van der Waals surface area contributed by atoms with E-state index in [2.05, 4.69) is 36.5 Å². The average Bonchev–Trinajstić information content (AvgIpc) is 2.44. The highest BCUT2D eigenvalue weighted by molar-refractivity contribution is 6.31. The van der Waals surface area contributed by atoms with Gasteiger partial charge in [-0.15, -0.1) is 0 Å². The Morgan fingerprint density at radius 1 is 1.14 bits per heavy atom. The van der Waals surface area contributed by atoms with E-state index in [0.29, 0.717) is 12.0 Å². The standard InChI is InChI=1S/C18H20ClNO/c1-12-7-8-18(21-2)17(9-12)20-14-10-13(11-14)15-5-3-4-6-16(15)19/h3-9,13-14,20H,10-11H2,1-2H3. The molecule has 3 heteroatoms. The fraction of sp³-hybridized carbons (Fsp3) is 0.333. The normalized spacial score (nSPS) is 20.7. The van der Waals surface area contributed by atoms with Crippen LogP contribution in [-0.4, -0.2) is 13.2 Å². The molecule has 0 bridgehead atoms. The molecule has 0 saturated heterocycles. The molecular formula is C18H20ClNO. The van der Waals surface area contributed by atoms with Crippen molar-refractivity contribution in [3.63, 3.8) is 0 Å². The number of rotatable bonds is 4. The predicted octanol–water partition coefficient (Wildman–Crippen LogP) is 5.02. The summed E-state index contributed by atoms with van der Waals surface area (Å²) in [6.07, 6.45) is 2.22. The minimum atomic E-state index is 0.488. The molecule has 1 saturated carbocycles. The highest BCUT2D eigenvalue weighted by Crippen LogP contribution is 2.42. The third kappa shape index (κ3) is 3.01. The Kier molecular flexibility index (Phi) is 4.07. The van der Waals surface area contributed by atoms with Crippen molar-refractivity contribution in [3.05, 3.63) is 58.6 Å². The van der Waals surface area contributed by atoms with E-state index in [4.69, 9.17) is 16.3 Å². The van der Waals surface area contributed by atoms with Crippen molar-refractivity contribution in [3.8, 4) is 5.75 Å². The summed E-state index contributed by atoms with van der Waals surface area (Å²) in [6.45, 7) is 2.10. The van der Waals surface area contributed by atoms with Crippen LogP contribution >= 0.6 is 11.6 Å². The minimum absolute atomic E-state index is 0.488. The molecule has 0 unspecified atom stereocenters. The van der Waals surface area contributed by atoms with Crippen molar-refractivity contribution in [1.82, 2.24) is 0 Å². The molecule has 21 heavy (non-hydrogen) atoms. The van der Waals surface area contributed by atoms with E-state index in [1.165, 1.54) is 11.1 Å². The highest BCUT2D eigenvalue weighted by Gasteiger charge is 2.31. The molecular weight excluding hydrogens is 282 g/mol. The Morgan fingerprint density at radius 3 is 2.62 bits per heavy atom. The van der Waals surface area contributed by atoms with E-state index in [1.54, 1.807) is 7.11 Å². The molecule has 1 aliphatic rings. The zero-order valence-corrected chi connectivity index (χ0v) is 13.2. The van der Waals surface area contributed by atoms with Crippen molar-refractivity contribution in [1.29, 1.82) is 0 Å². The third-order valence-electron chi connectivity index (χ3n) is 4.20. The second kappa shape index (κ2) is 5.98. The number of ether oxygens (including phenoxy) is 1. The Balaban J connectivity index is 1.65. The number of benzene rings is 2. The summed E-state index contributed by atoms with van der Waals surface area (Å²) in [5.41, 5.74) is 3.59. The molecule has 0 aliphatic heterocycles. The van der Waals surface area contributed by atoms with Crippen molar-refractivity contribution in [2.45, 2.75) is 31.7 Å². The summed E-state index contributed by atoms with van der Waals surface area (Å²) >= 11 is 6.27. The van der Waals surface area contributed by atoms with E-state index in [1.807, 2.05) is 18.2 Å². The minimum Gasteiger partial charge on any atom is -0.495 e. The molecule has 2 aromatic carbocycles. The first-order valence-electron chi connectivity index (χ1n) is 7.33. The van der Waals surface area contributed by atoms with Gasteiger partial charge in [-0.25, -0.2) is 0 Å². The number of anilines is 1. The molecule has 0 radical (unpaired) electrons.